The van der Waals surface area contributed by atoms with Crippen molar-refractivity contribution in [2.75, 3.05) is 25.6 Å². The third-order valence-corrected chi connectivity index (χ3v) is 2.90. The maximum atomic E-state index is 11.4. The zero-order valence-corrected chi connectivity index (χ0v) is 10.8. The van der Waals surface area contributed by atoms with Crippen LogP contribution < -0.4 is 5.32 Å². The number of ether oxygens (including phenoxy) is 1. The Morgan fingerprint density at radius 3 is 2.59 bits per heavy atom. The van der Waals surface area contributed by atoms with E-state index in [1.807, 2.05) is 0 Å². The van der Waals surface area contributed by atoms with E-state index in [0.717, 1.165) is 12.8 Å². The van der Waals surface area contributed by atoms with Crippen LogP contribution in [0.5, 0.6) is 0 Å². The monoisotopic (exact) mass is 262 g/mol. The number of carbonyl (C=O) groups is 2. The Hall–Kier alpha value is -0.970. The molecule has 0 saturated carbocycles. The molecule has 0 atom stereocenters. The summed E-state index contributed by atoms with van der Waals surface area (Å²) in [6.45, 7) is 3.44. The summed E-state index contributed by atoms with van der Waals surface area (Å²) in [6, 6.07) is 0.149. The SMILES string of the molecule is CCOC(=O)N1CCC(NC(=O)CCCl)CC1. The van der Waals surface area contributed by atoms with Crippen LogP contribution in [-0.4, -0.2) is 48.5 Å². The normalized spacial score (nSPS) is 16.7. The number of carbonyl (C=O) groups excluding carboxylic acids is 2. The van der Waals surface area contributed by atoms with Crippen LogP contribution in [0.4, 0.5) is 4.79 Å². The highest BCUT2D eigenvalue weighted by atomic mass is 35.5. The minimum absolute atomic E-state index is 0.0189. The molecule has 1 rings (SSSR count). The molecule has 0 radical (unpaired) electrons. The van der Waals surface area contributed by atoms with Gasteiger partial charge in [0.15, 0.2) is 0 Å². The zero-order valence-electron chi connectivity index (χ0n) is 10.1. The highest BCUT2D eigenvalue weighted by Crippen LogP contribution is 2.11. The molecular formula is C11H19ClN2O3. The number of halogens is 1. The molecule has 2 amide bonds. The molecule has 5 nitrogen and oxygen atoms in total. The van der Waals surface area contributed by atoms with E-state index < -0.39 is 0 Å². The van der Waals surface area contributed by atoms with Crippen molar-refractivity contribution in [3.8, 4) is 0 Å². The molecular weight excluding hydrogens is 244 g/mol. The van der Waals surface area contributed by atoms with Gasteiger partial charge < -0.3 is 15.0 Å². The van der Waals surface area contributed by atoms with E-state index in [-0.39, 0.29) is 18.0 Å². The molecule has 0 bridgehead atoms. The summed E-state index contributed by atoms with van der Waals surface area (Å²) >= 11 is 5.48. The molecule has 98 valence electrons. The maximum Gasteiger partial charge on any atom is 0.409 e. The summed E-state index contributed by atoms with van der Waals surface area (Å²) in [5.41, 5.74) is 0. The number of hydrogen-bond donors (Lipinski definition) is 1. The van der Waals surface area contributed by atoms with Crippen molar-refractivity contribution in [1.82, 2.24) is 10.2 Å². The van der Waals surface area contributed by atoms with Gasteiger partial charge in [0.25, 0.3) is 0 Å². The Kier molecular flexibility index (Phi) is 6.11. The molecule has 0 aromatic rings. The Morgan fingerprint density at radius 1 is 1.41 bits per heavy atom. The van der Waals surface area contributed by atoms with Crippen LogP contribution >= 0.6 is 11.6 Å². The largest absolute Gasteiger partial charge is 0.450 e. The van der Waals surface area contributed by atoms with Crippen molar-refractivity contribution < 1.29 is 14.3 Å². The summed E-state index contributed by atoms with van der Waals surface area (Å²) in [4.78, 5) is 24.4. The average molecular weight is 263 g/mol. The van der Waals surface area contributed by atoms with Crippen molar-refractivity contribution in [3.63, 3.8) is 0 Å². The second-order valence-corrected chi connectivity index (χ2v) is 4.34. The third-order valence-electron chi connectivity index (χ3n) is 2.71. The first-order valence-corrected chi connectivity index (χ1v) is 6.47. The van der Waals surface area contributed by atoms with E-state index in [9.17, 15) is 9.59 Å². The van der Waals surface area contributed by atoms with Gasteiger partial charge >= 0.3 is 6.09 Å². The molecule has 0 spiro atoms. The first-order valence-electron chi connectivity index (χ1n) is 5.94. The fraction of sp³-hybridized carbons (Fsp3) is 0.818. The number of piperidine rings is 1. The second kappa shape index (κ2) is 7.37. The fourth-order valence-electron chi connectivity index (χ4n) is 1.81. The molecule has 1 saturated heterocycles. The van der Waals surface area contributed by atoms with E-state index in [0.29, 0.717) is 32.0 Å². The first kappa shape index (κ1) is 14.1. The van der Waals surface area contributed by atoms with Gasteiger partial charge in [0, 0.05) is 31.4 Å². The molecule has 0 aliphatic carbocycles. The molecule has 1 fully saturated rings. The van der Waals surface area contributed by atoms with Gasteiger partial charge in [0.05, 0.1) is 6.61 Å². The average Bonchev–Trinajstić information content (AvgIpc) is 2.30. The van der Waals surface area contributed by atoms with Gasteiger partial charge in [0.1, 0.15) is 0 Å². The van der Waals surface area contributed by atoms with E-state index >= 15 is 0 Å². The van der Waals surface area contributed by atoms with E-state index in [4.69, 9.17) is 16.3 Å². The first-order chi connectivity index (χ1) is 8.17. The van der Waals surface area contributed by atoms with Crippen LogP contribution in [0, 0.1) is 0 Å². The number of nitrogens with one attached hydrogen (secondary N) is 1. The predicted molar refractivity (Wildman–Crippen MR) is 65.1 cm³/mol. The highest BCUT2D eigenvalue weighted by Gasteiger charge is 2.24. The summed E-state index contributed by atoms with van der Waals surface area (Å²) in [6.07, 6.45) is 1.62. The molecule has 1 aliphatic rings. The third kappa shape index (κ3) is 4.81. The lowest BCUT2D eigenvalue weighted by atomic mass is 10.1. The van der Waals surface area contributed by atoms with E-state index in [1.165, 1.54) is 0 Å². The maximum absolute atomic E-state index is 11.4. The highest BCUT2D eigenvalue weighted by molar-refractivity contribution is 6.18. The molecule has 0 aromatic heterocycles. The van der Waals surface area contributed by atoms with Crippen LogP contribution in [0.1, 0.15) is 26.2 Å². The Balaban J connectivity index is 2.26. The summed E-state index contributed by atoms with van der Waals surface area (Å²) < 4.78 is 4.92. The Bertz CT molecular complexity index is 265. The lowest BCUT2D eigenvalue weighted by Crippen LogP contribution is -2.46. The summed E-state index contributed by atoms with van der Waals surface area (Å²) in [5.74, 6) is 0.322. The number of hydrogen-bond acceptors (Lipinski definition) is 3. The van der Waals surface area contributed by atoms with Gasteiger partial charge in [-0.2, -0.15) is 0 Å². The number of nitrogens with zero attached hydrogens (tertiary/aromatic N) is 1. The van der Waals surface area contributed by atoms with Crippen molar-refractivity contribution in [3.05, 3.63) is 0 Å². The minimum atomic E-state index is -0.266. The Labute approximate surface area is 106 Å². The van der Waals surface area contributed by atoms with Crippen LogP contribution in [-0.2, 0) is 9.53 Å². The molecule has 1 N–H and O–H groups in total. The van der Waals surface area contributed by atoms with E-state index in [1.54, 1.807) is 11.8 Å². The van der Waals surface area contributed by atoms with Crippen LogP contribution in [0.3, 0.4) is 0 Å². The number of likely N-dealkylation sites (tertiary alicyclic amines) is 1. The standard InChI is InChI=1S/C11H19ClN2O3/c1-2-17-11(16)14-7-4-9(5-8-14)13-10(15)3-6-12/h9H,2-8H2,1H3,(H,13,15). The molecule has 0 aromatic carbocycles. The van der Waals surface area contributed by atoms with E-state index in [2.05, 4.69) is 5.32 Å². The number of alkyl halides is 1. The quantitative estimate of drug-likeness (QED) is 0.778. The van der Waals surface area contributed by atoms with Crippen LogP contribution in [0.25, 0.3) is 0 Å². The van der Waals surface area contributed by atoms with Crippen molar-refractivity contribution in [2.24, 2.45) is 0 Å². The van der Waals surface area contributed by atoms with Gasteiger partial charge in [0.2, 0.25) is 5.91 Å². The molecule has 1 aliphatic heterocycles. The molecule has 17 heavy (non-hydrogen) atoms. The number of amides is 2. The van der Waals surface area contributed by atoms with Crippen LogP contribution in [0.15, 0.2) is 0 Å². The van der Waals surface area contributed by atoms with Gasteiger partial charge in [-0.05, 0) is 19.8 Å². The summed E-state index contributed by atoms with van der Waals surface area (Å²) in [5, 5.41) is 2.91. The lowest BCUT2D eigenvalue weighted by Gasteiger charge is -2.31. The van der Waals surface area contributed by atoms with Gasteiger partial charge in [-0.3, -0.25) is 4.79 Å². The molecule has 1 heterocycles. The topological polar surface area (TPSA) is 58.6 Å². The van der Waals surface area contributed by atoms with Gasteiger partial charge in [-0.15, -0.1) is 11.6 Å². The van der Waals surface area contributed by atoms with Crippen LogP contribution in [0.2, 0.25) is 0 Å². The zero-order chi connectivity index (χ0) is 12.7. The van der Waals surface area contributed by atoms with Crippen molar-refractivity contribution >= 4 is 23.6 Å². The lowest BCUT2D eigenvalue weighted by molar-refractivity contribution is -0.121. The van der Waals surface area contributed by atoms with Crippen molar-refractivity contribution in [2.45, 2.75) is 32.2 Å². The predicted octanol–water partition coefficient (Wildman–Crippen LogP) is 1.35. The number of rotatable bonds is 4. The molecule has 6 heteroatoms. The summed E-state index contributed by atoms with van der Waals surface area (Å²) in [7, 11) is 0. The smallest absolute Gasteiger partial charge is 0.409 e. The van der Waals surface area contributed by atoms with Gasteiger partial charge in [-0.25, -0.2) is 4.79 Å². The fourth-order valence-corrected chi connectivity index (χ4v) is 1.98. The second-order valence-electron chi connectivity index (χ2n) is 3.97. The van der Waals surface area contributed by atoms with Crippen molar-refractivity contribution in [1.29, 1.82) is 0 Å². The minimum Gasteiger partial charge on any atom is -0.450 e. The Morgan fingerprint density at radius 2 is 2.06 bits per heavy atom. The van der Waals surface area contributed by atoms with Gasteiger partial charge in [-0.1, -0.05) is 0 Å². The molecule has 0 unspecified atom stereocenters.